The summed E-state index contributed by atoms with van der Waals surface area (Å²) in [6.45, 7) is -0.210. The zero-order valence-corrected chi connectivity index (χ0v) is 17.5. The number of nitrogens with two attached hydrogens (primary N) is 2. The fraction of sp³-hybridized carbons (Fsp3) is 0.286. The van der Waals surface area contributed by atoms with Crippen LogP contribution in [0.5, 0.6) is 0 Å². The van der Waals surface area contributed by atoms with Crippen LogP contribution in [0.3, 0.4) is 0 Å². The third-order valence-electron chi connectivity index (χ3n) is 5.31. The Morgan fingerprint density at radius 2 is 1.94 bits per heavy atom. The molecule has 31 heavy (non-hydrogen) atoms. The average Bonchev–Trinajstić information content (AvgIpc) is 3.40. The van der Waals surface area contributed by atoms with Gasteiger partial charge in [-0.3, -0.25) is 24.3 Å². The van der Waals surface area contributed by atoms with Crippen LogP contribution in [0.4, 0.5) is 11.4 Å². The van der Waals surface area contributed by atoms with Crippen LogP contribution in [-0.2, 0) is 4.79 Å². The predicted molar refractivity (Wildman–Crippen MR) is 119 cm³/mol. The second kappa shape index (κ2) is 8.68. The molecule has 0 spiro atoms. The van der Waals surface area contributed by atoms with Gasteiger partial charge in [0.15, 0.2) is 5.69 Å². The minimum absolute atomic E-state index is 0.0515. The molecule has 1 fully saturated rings. The van der Waals surface area contributed by atoms with Gasteiger partial charge in [0.2, 0.25) is 5.91 Å². The van der Waals surface area contributed by atoms with Crippen molar-refractivity contribution in [2.24, 2.45) is 5.73 Å². The summed E-state index contributed by atoms with van der Waals surface area (Å²) in [6, 6.07) is 9.38. The van der Waals surface area contributed by atoms with E-state index in [0.717, 1.165) is 48.1 Å². The van der Waals surface area contributed by atoms with Gasteiger partial charge < -0.3 is 16.8 Å². The van der Waals surface area contributed by atoms with E-state index in [2.05, 4.69) is 14.7 Å². The van der Waals surface area contributed by atoms with Crippen LogP contribution in [0.2, 0.25) is 0 Å². The summed E-state index contributed by atoms with van der Waals surface area (Å²) in [4.78, 5) is 43.4. The van der Waals surface area contributed by atoms with Crippen LogP contribution in [0, 0.1) is 0 Å². The Morgan fingerprint density at radius 3 is 2.65 bits per heavy atom. The second-order valence-corrected chi connectivity index (χ2v) is 8.24. The molecule has 0 bridgehead atoms. The molecule has 9 nitrogen and oxygen atoms in total. The highest BCUT2D eigenvalue weighted by Gasteiger charge is 2.28. The first-order valence-electron chi connectivity index (χ1n) is 9.95. The number of fused-ring (bicyclic) bond motifs is 1. The minimum atomic E-state index is -0.814. The molecule has 2 aromatic heterocycles. The lowest BCUT2D eigenvalue weighted by molar-refractivity contribution is -0.120. The van der Waals surface area contributed by atoms with Crippen molar-refractivity contribution in [1.82, 2.24) is 14.7 Å². The van der Waals surface area contributed by atoms with Gasteiger partial charge in [-0.25, -0.2) is 0 Å². The van der Waals surface area contributed by atoms with Crippen LogP contribution in [-0.4, -0.2) is 39.7 Å². The summed E-state index contributed by atoms with van der Waals surface area (Å²) in [5.41, 5.74) is 12.2. The number of primary amides is 1. The molecule has 0 unspecified atom stereocenters. The molecule has 160 valence electrons. The van der Waals surface area contributed by atoms with Gasteiger partial charge in [0.05, 0.1) is 23.1 Å². The molecular weight excluding hydrogens is 416 g/mol. The summed E-state index contributed by atoms with van der Waals surface area (Å²) in [7, 11) is 0. The molecule has 1 saturated carbocycles. The highest BCUT2D eigenvalue weighted by atomic mass is 32.1. The molecular formula is C21H22N6O3S. The van der Waals surface area contributed by atoms with Crippen LogP contribution in [0.15, 0.2) is 36.5 Å². The number of para-hydroxylation sites is 1. The van der Waals surface area contributed by atoms with Crippen LogP contribution in [0.1, 0.15) is 45.8 Å². The fourth-order valence-electron chi connectivity index (χ4n) is 3.73. The Morgan fingerprint density at radius 1 is 1.19 bits per heavy atom. The second-order valence-electron chi connectivity index (χ2n) is 7.46. The molecule has 5 N–H and O–H groups in total. The fourth-order valence-corrected chi connectivity index (χ4v) is 4.48. The SMILES string of the molecule is NC(=O)c1nsc(C(=O)N(CC(=O)NC2CCCC2)c2cnc3ccccc3c2)c1N. The number of hydrogen-bond acceptors (Lipinski definition) is 7. The number of aromatic nitrogens is 2. The van der Waals surface area contributed by atoms with E-state index in [1.807, 2.05) is 24.3 Å². The van der Waals surface area contributed by atoms with Crippen molar-refractivity contribution < 1.29 is 14.4 Å². The molecule has 3 aromatic rings. The Kier molecular flexibility index (Phi) is 5.81. The molecule has 1 aliphatic rings. The van der Waals surface area contributed by atoms with E-state index in [-0.39, 0.29) is 34.8 Å². The number of nitrogen functional groups attached to an aromatic ring is 1. The monoisotopic (exact) mass is 438 g/mol. The summed E-state index contributed by atoms with van der Waals surface area (Å²) >= 11 is 0.780. The molecule has 1 aliphatic carbocycles. The number of amides is 3. The van der Waals surface area contributed by atoms with Gasteiger partial charge >= 0.3 is 0 Å². The summed E-state index contributed by atoms with van der Waals surface area (Å²) in [5.74, 6) is -1.63. The number of nitrogens with zero attached hydrogens (tertiary/aromatic N) is 3. The molecule has 0 atom stereocenters. The van der Waals surface area contributed by atoms with Crippen LogP contribution < -0.4 is 21.7 Å². The normalized spacial score (nSPS) is 13.9. The molecule has 3 amide bonds. The van der Waals surface area contributed by atoms with Crippen molar-refractivity contribution in [3.05, 3.63) is 47.1 Å². The number of pyridine rings is 1. The number of carbonyl (C=O) groups is 3. The van der Waals surface area contributed by atoms with E-state index in [1.165, 1.54) is 11.1 Å². The topological polar surface area (TPSA) is 144 Å². The van der Waals surface area contributed by atoms with E-state index in [1.54, 1.807) is 6.07 Å². The number of carbonyl (C=O) groups excluding carboxylic acids is 3. The molecule has 1 aromatic carbocycles. The minimum Gasteiger partial charge on any atom is -0.395 e. The third-order valence-corrected chi connectivity index (χ3v) is 6.16. The van der Waals surface area contributed by atoms with Crippen molar-refractivity contribution in [1.29, 1.82) is 0 Å². The number of benzene rings is 1. The van der Waals surface area contributed by atoms with Gasteiger partial charge in [0.1, 0.15) is 11.4 Å². The zero-order chi connectivity index (χ0) is 22.0. The van der Waals surface area contributed by atoms with Crippen LogP contribution in [0.25, 0.3) is 10.9 Å². The van der Waals surface area contributed by atoms with Crippen molar-refractivity contribution >= 4 is 51.5 Å². The van der Waals surface area contributed by atoms with Gasteiger partial charge in [0, 0.05) is 11.4 Å². The number of nitrogens with one attached hydrogen (secondary N) is 1. The standard InChI is InChI=1S/C21H22N6O3S/c22-17-18(20(23)29)26-31-19(17)21(30)27(11-16(28)25-13-6-2-3-7-13)14-9-12-5-1-4-8-15(12)24-10-14/h1,4-5,8-10,13H,2-3,6-7,11,22H2,(H2,23,29)(H,25,28). The molecule has 2 heterocycles. The van der Waals surface area contributed by atoms with Gasteiger partial charge in [-0.15, -0.1) is 0 Å². The smallest absolute Gasteiger partial charge is 0.272 e. The Labute approximate surface area is 182 Å². The largest absolute Gasteiger partial charge is 0.395 e. The quantitative estimate of drug-likeness (QED) is 0.537. The maximum absolute atomic E-state index is 13.4. The van der Waals surface area contributed by atoms with E-state index >= 15 is 0 Å². The van der Waals surface area contributed by atoms with Gasteiger partial charge in [0.25, 0.3) is 11.8 Å². The first kappa shape index (κ1) is 20.7. The summed E-state index contributed by atoms with van der Waals surface area (Å²) < 4.78 is 3.90. The zero-order valence-electron chi connectivity index (χ0n) is 16.7. The lowest BCUT2D eigenvalue weighted by Gasteiger charge is -2.23. The summed E-state index contributed by atoms with van der Waals surface area (Å²) in [5, 5.41) is 3.81. The Balaban J connectivity index is 1.68. The van der Waals surface area contributed by atoms with Crippen LogP contribution >= 0.6 is 11.5 Å². The molecule has 0 saturated heterocycles. The lowest BCUT2D eigenvalue weighted by atomic mass is 10.2. The van der Waals surface area contributed by atoms with E-state index < -0.39 is 11.8 Å². The van der Waals surface area contributed by atoms with Gasteiger partial charge in [-0.1, -0.05) is 31.0 Å². The van der Waals surface area contributed by atoms with E-state index in [9.17, 15) is 14.4 Å². The molecule has 0 radical (unpaired) electrons. The van der Waals surface area contributed by atoms with Gasteiger partial charge in [-0.05, 0) is 36.5 Å². The average molecular weight is 439 g/mol. The molecule has 10 heteroatoms. The molecule has 4 rings (SSSR count). The van der Waals surface area contributed by atoms with Gasteiger partial charge in [-0.2, -0.15) is 4.37 Å². The highest BCUT2D eigenvalue weighted by Crippen LogP contribution is 2.27. The number of hydrogen-bond donors (Lipinski definition) is 3. The Hall–Kier alpha value is -3.53. The lowest BCUT2D eigenvalue weighted by Crippen LogP contribution is -2.43. The maximum Gasteiger partial charge on any atom is 0.272 e. The maximum atomic E-state index is 13.4. The number of rotatable bonds is 6. The third kappa shape index (κ3) is 4.33. The molecule has 0 aliphatic heterocycles. The van der Waals surface area contributed by atoms with Crippen molar-refractivity contribution in [3.8, 4) is 0 Å². The summed E-state index contributed by atoms with van der Waals surface area (Å²) in [6.07, 6.45) is 5.56. The first-order chi connectivity index (χ1) is 14.9. The predicted octanol–water partition coefficient (Wildman–Crippen LogP) is 2.08. The van der Waals surface area contributed by atoms with Crippen molar-refractivity contribution in [3.63, 3.8) is 0 Å². The Bertz CT molecular complexity index is 1150. The van der Waals surface area contributed by atoms with Crippen molar-refractivity contribution in [2.75, 3.05) is 17.2 Å². The highest BCUT2D eigenvalue weighted by molar-refractivity contribution is 7.09. The van der Waals surface area contributed by atoms with Crippen molar-refractivity contribution in [2.45, 2.75) is 31.7 Å². The van der Waals surface area contributed by atoms with E-state index in [0.29, 0.717) is 5.69 Å². The first-order valence-corrected chi connectivity index (χ1v) is 10.7. The number of anilines is 2. The van der Waals surface area contributed by atoms with E-state index in [4.69, 9.17) is 11.5 Å².